The average molecular weight is 343 g/mol. The summed E-state index contributed by atoms with van der Waals surface area (Å²) < 4.78 is 14.5. The summed E-state index contributed by atoms with van der Waals surface area (Å²) >= 11 is 4.98. The molecule has 1 aromatic carbocycles. The van der Waals surface area contributed by atoms with Crippen molar-refractivity contribution in [3.8, 4) is 0 Å². The van der Waals surface area contributed by atoms with Gasteiger partial charge in [0, 0.05) is 10.2 Å². The van der Waals surface area contributed by atoms with Crippen molar-refractivity contribution < 1.29 is 4.39 Å². The summed E-state index contributed by atoms with van der Waals surface area (Å²) in [6.45, 7) is 0. The minimum Gasteiger partial charge on any atom is -0.333 e. The van der Waals surface area contributed by atoms with Gasteiger partial charge in [-0.1, -0.05) is 40.5 Å². The smallest absolute Gasteiger partial charge is 0.161 e. The zero-order chi connectivity index (χ0) is 13.2. The van der Waals surface area contributed by atoms with Crippen LogP contribution in [-0.2, 0) is 0 Å². The standard InChI is InChI=1S/C14H16BrFN2S/c15-10-5-6-13(11(16)7-10)18-14-17-12-4-2-1-3-9(12)8-19-14/h5-7,9,12H,1-4,8H2,(H,17,18). The number of anilines is 1. The molecule has 0 saturated heterocycles. The number of halogens is 2. The molecule has 19 heavy (non-hydrogen) atoms. The lowest BCUT2D eigenvalue weighted by atomic mass is 9.86. The van der Waals surface area contributed by atoms with Gasteiger partial charge in [-0.2, -0.15) is 0 Å². The molecule has 0 spiro atoms. The number of nitrogens with zero attached hydrogens (tertiary/aromatic N) is 1. The van der Waals surface area contributed by atoms with Crippen molar-refractivity contribution in [3.63, 3.8) is 0 Å². The number of thioether (sulfide) groups is 1. The number of amidine groups is 1. The van der Waals surface area contributed by atoms with Crippen molar-refractivity contribution in [3.05, 3.63) is 28.5 Å². The topological polar surface area (TPSA) is 24.4 Å². The highest BCUT2D eigenvalue weighted by molar-refractivity contribution is 9.10. The van der Waals surface area contributed by atoms with Gasteiger partial charge in [0.15, 0.2) is 5.17 Å². The fraction of sp³-hybridized carbons (Fsp3) is 0.500. The van der Waals surface area contributed by atoms with Crippen molar-refractivity contribution in [1.82, 2.24) is 0 Å². The van der Waals surface area contributed by atoms with Crippen molar-refractivity contribution in [2.24, 2.45) is 10.9 Å². The molecule has 3 rings (SSSR count). The minimum atomic E-state index is -0.247. The molecule has 1 N–H and O–H groups in total. The summed E-state index contributed by atoms with van der Waals surface area (Å²) in [6, 6.07) is 5.49. The molecule has 1 aliphatic carbocycles. The Hall–Kier alpha value is -0.550. The van der Waals surface area contributed by atoms with Gasteiger partial charge in [0.2, 0.25) is 0 Å². The Kier molecular flexibility index (Phi) is 4.12. The Morgan fingerprint density at radius 1 is 1.32 bits per heavy atom. The molecule has 1 aromatic rings. The second-order valence-corrected chi connectivity index (χ2v) is 7.03. The van der Waals surface area contributed by atoms with Gasteiger partial charge >= 0.3 is 0 Å². The van der Waals surface area contributed by atoms with E-state index in [2.05, 4.69) is 21.2 Å². The maximum Gasteiger partial charge on any atom is 0.161 e. The van der Waals surface area contributed by atoms with Gasteiger partial charge in [0.1, 0.15) is 5.82 Å². The largest absolute Gasteiger partial charge is 0.333 e. The summed E-state index contributed by atoms with van der Waals surface area (Å²) in [7, 11) is 0. The van der Waals surface area contributed by atoms with Gasteiger partial charge in [-0.15, -0.1) is 0 Å². The number of aliphatic imine (C=N–C) groups is 1. The Labute approximate surface area is 125 Å². The molecule has 102 valence electrons. The Morgan fingerprint density at radius 3 is 3.00 bits per heavy atom. The Bertz CT molecular complexity index is 506. The second kappa shape index (κ2) is 5.83. The second-order valence-electron chi connectivity index (χ2n) is 5.11. The van der Waals surface area contributed by atoms with Crippen LogP contribution in [0.5, 0.6) is 0 Å². The molecular formula is C14H16BrFN2S. The number of benzene rings is 1. The fourth-order valence-corrected chi connectivity index (χ4v) is 4.19. The average Bonchev–Trinajstić information content (AvgIpc) is 2.42. The van der Waals surface area contributed by atoms with Crippen LogP contribution in [0, 0.1) is 11.7 Å². The van der Waals surface area contributed by atoms with Crippen LogP contribution in [0.4, 0.5) is 10.1 Å². The van der Waals surface area contributed by atoms with Gasteiger partial charge in [0.25, 0.3) is 0 Å². The van der Waals surface area contributed by atoms with Crippen LogP contribution in [0.2, 0.25) is 0 Å². The highest BCUT2D eigenvalue weighted by Crippen LogP contribution is 2.34. The van der Waals surface area contributed by atoms with Crippen molar-refractivity contribution >= 4 is 38.5 Å². The van der Waals surface area contributed by atoms with Gasteiger partial charge in [0.05, 0.1) is 11.7 Å². The molecule has 0 radical (unpaired) electrons. The van der Waals surface area contributed by atoms with Crippen LogP contribution >= 0.6 is 27.7 Å². The number of nitrogens with one attached hydrogen (secondary N) is 1. The first-order chi connectivity index (χ1) is 9.22. The third kappa shape index (κ3) is 3.14. The molecular weight excluding hydrogens is 327 g/mol. The molecule has 1 heterocycles. The molecule has 2 aliphatic rings. The molecule has 0 amide bonds. The van der Waals surface area contributed by atoms with Gasteiger partial charge < -0.3 is 5.32 Å². The fourth-order valence-electron chi connectivity index (χ4n) is 2.70. The van der Waals surface area contributed by atoms with Crippen LogP contribution in [0.1, 0.15) is 25.7 Å². The first-order valence-corrected chi connectivity index (χ1v) is 8.43. The number of rotatable bonds is 1. The van der Waals surface area contributed by atoms with Gasteiger partial charge in [-0.05, 0) is 37.0 Å². The highest BCUT2D eigenvalue weighted by atomic mass is 79.9. The van der Waals surface area contributed by atoms with E-state index in [9.17, 15) is 4.39 Å². The summed E-state index contributed by atoms with van der Waals surface area (Å²) in [5.41, 5.74) is 0.503. The summed E-state index contributed by atoms with van der Waals surface area (Å²) in [5.74, 6) is 1.58. The SMILES string of the molecule is Fc1cc(Br)ccc1NC1=NC2CCCCC2CS1. The Balaban J connectivity index is 1.74. The third-order valence-electron chi connectivity index (χ3n) is 3.76. The zero-order valence-electron chi connectivity index (χ0n) is 10.5. The molecule has 2 nitrogen and oxygen atoms in total. The molecule has 5 heteroatoms. The molecule has 1 fully saturated rings. The van der Waals surface area contributed by atoms with E-state index in [0.717, 1.165) is 21.3 Å². The van der Waals surface area contributed by atoms with Crippen LogP contribution in [0.3, 0.4) is 0 Å². The van der Waals surface area contributed by atoms with E-state index in [4.69, 9.17) is 4.99 Å². The van der Waals surface area contributed by atoms with Gasteiger partial charge in [-0.25, -0.2) is 4.39 Å². The first kappa shape index (κ1) is 13.4. The van der Waals surface area contributed by atoms with Crippen LogP contribution < -0.4 is 5.32 Å². The molecule has 2 unspecified atom stereocenters. The van der Waals surface area contributed by atoms with E-state index in [1.54, 1.807) is 17.8 Å². The molecule has 2 atom stereocenters. The van der Waals surface area contributed by atoms with E-state index in [-0.39, 0.29) is 5.82 Å². The minimum absolute atomic E-state index is 0.247. The normalized spacial score (nSPS) is 26.5. The van der Waals surface area contributed by atoms with Crippen molar-refractivity contribution in [2.45, 2.75) is 31.7 Å². The number of fused-ring (bicyclic) bond motifs is 1. The van der Waals surface area contributed by atoms with Crippen molar-refractivity contribution in [1.29, 1.82) is 0 Å². The van der Waals surface area contributed by atoms with E-state index in [1.165, 1.54) is 31.7 Å². The van der Waals surface area contributed by atoms with E-state index in [0.29, 0.717) is 11.7 Å². The summed E-state index contributed by atoms with van der Waals surface area (Å²) in [4.78, 5) is 4.75. The van der Waals surface area contributed by atoms with Crippen LogP contribution in [-0.4, -0.2) is 17.0 Å². The number of hydrogen-bond acceptors (Lipinski definition) is 3. The molecule has 1 aliphatic heterocycles. The highest BCUT2D eigenvalue weighted by Gasteiger charge is 2.29. The predicted molar refractivity (Wildman–Crippen MR) is 83.4 cm³/mol. The maximum atomic E-state index is 13.8. The Morgan fingerprint density at radius 2 is 2.16 bits per heavy atom. The van der Waals surface area contributed by atoms with Crippen LogP contribution in [0.15, 0.2) is 27.7 Å². The zero-order valence-corrected chi connectivity index (χ0v) is 12.9. The van der Waals surface area contributed by atoms with Crippen molar-refractivity contribution in [2.75, 3.05) is 11.1 Å². The predicted octanol–water partition coefficient (Wildman–Crippen LogP) is 4.66. The third-order valence-corrected chi connectivity index (χ3v) is 5.33. The van der Waals surface area contributed by atoms with Gasteiger partial charge in [-0.3, -0.25) is 4.99 Å². The monoisotopic (exact) mass is 342 g/mol. The lowest BCUT2D eigenvalue weighted by molar-refractivity contribution is 0.336. The number of hydrogen-bond donors (Lipinski definition) is 1. The van der Waals surface area contributed by atoms with Crippen LogP contribution in [0.25, 0.3) is 0 Å². The molecule has 0 bridgehead atoms. The summed E-state index contributed by atoms with van der Waals surface area (Å²) in [6.07, 6.45) is 5.08. The maximum absolute atomic E-state index is 13.8. The lowest BCUT2D eigenvalue weighted by Crippen LogP contribution is -2.31. The van der Waals surface area contributed by atoms with E-state index < -0.39 is 0 Å². The summed E-state index contributed by atoms with van der Waals surface area (Å²) in [5, 5.41) is 3.99. The molecule has 1 saturated carbocycles. The molecule has 0 aromatic heterocycles. The van der Waals surface area contributed by atoms with E-state index >= 15 is 0 Å². The quantitative estimate of drug-likeness (QED) is 0.802. The first-order valence-electron chi connectivity index (χ1n) is 6.65. The lowest BCUT2D eigenvalue weighted by Gasteiger charge is -2.32. The van der Waals surface area contributed by atoms with E-state index in [1.807, 2.05) is 6.07 Å².